The first-order valence-corrected chi connectivity index (χ1v) is 9.30. The SMILES string of the molecule is CNC(=O)c1cccc(NC(=O)c2c(C)nn(Cc3ccc(F)cc3)c2Cl)c1C. The van der Waals surface area contributed by atoms with Gasteiger partial charge < -0.3 is 10.6 Å². The van der Waals surface area contributed by atoms with Crippen molar-refractivity contribution in [1.82, 2.24) is 15.1 Å². The molecule has 0 atom stereocenters. The van der Waals surface area contributed by atoms with E-state index in [0.717, 1.165) is 5.56 Å². The zero-order valence-corrected chi connectivity index (χ0v) is 17.0. The number of hydrogen-bond donors (Lipinski definition) is 2. The smallest absolute Gasteiger partial charge is 0.260 e. The molecule has 0 unspecified atom stereocenters. The topological polar surface area (TPSA) is 76.0 Å². The normalized spacial score (nSPS) is 10.7. The van der Waals surface area contributed by atoms with Crippen LogP contribution in [0, 0.1) is 19.7 Å². The Balaban J connectivity index is 1.86. The number of halogens is 2. The van der Waals surface area contributed by atoms with Crippen LogP contribution in [0.1, 0.15) is 37.5 Å². The quantitative estimate of drug-likeness (QED) is 0.663. The minimum absolute atomic E-state index is 0.185. The van der Waals surface area contributed by atoms with Crippen molar-refractivity contribution < 1.29 is 14.0 Å². The fourth-order valence-corrected chi connectivity index (χ4v) is 3.34. The molecule has 0 aliphatic heterocycles. The van der Waals surface area contributed by atoms with E-state index in [1.54, 1.807) is 51.2 Å². The molecule has 2 amide bonds. The molecule has 3 aromatic rings. The second kappa shape index (κ2) is 8.45. The van der Waals surface area contributed by atoms with E-state index in [1.807, 2.05) is 0 Å². The molecule has 0 saturated heterocycles. The second-order valence-corrected chi connectivity index (χ2v) is 6.90. The zero-order valence-electron chi connectivity index (χ0n) is 16.2. The average Bonchev–Trinajstić information content (AvgIpc) is 2.97. The van der Waals surface area contributed by atoms with Gasteiger partial charge in [0.2, 0.25) is 0 Å². The van der Waals surface area contributed by atoms with E-state index in [-0.39, 0.29) is 22.4 Å². The number of anilines is 1. The molecule has 150 valence electrons. The number of nitrogens with zero attached hydrogens (tertiary/aromatic N) is 2. The van der Waals surface area contributed by atoms with Crippen LogP contribution in [0.3, 0.4) is 0 Å². The molecule has 0 fully saturated rings. The lowest BCUT2D eigenvalue weighted by molar-refractivity contribution is 0.0960. The molecule has 0 spiro atoms. The summed E-state index contributed by atoms with van der Waals surface area (Å²) < 4.78 is 14.6. The van der Waals surface area contributed by atoms with Crippen LogP contribution in [0.15, 0.2) is 42.5 Å². The van der Waals surface area contributed by atoms with Crippen LogP contribution < -0.4 is 10.6 Å². The number of carbonyl (C=O) groups excluding carboxylic acids is 2. The van der Waals surface area contributed by atoms with E-state index in [4.69, 9.17) is 11.6 Å². The van der Waals surface area contributed by atoms with Gasteiger partial charge in [0.1, 0.15) is 11.0 Å². The fourth-order valence-electron chi connectivity index (χ4n) is 3.02. The molecular weight excluding hydrogens is 395 g/mol. The van der Waals surface area contributed by atoms with E-state index < -0.39 is 5.91 Å². The van der Waals surface area contributed by atoms with Gasteiger partial charge in [-0.15, -0.1) is 0 Å². The third-order valence-electron chi connectivity index (χ3n) is 4.59. The van der Waals surface area contributed by atoms with E-state index in [1.165, 1.54) is 16.8 Å². The molecule has 0 aliphatic rings. The number of aryl methyl sites for hydroxylation is 1. The van der Waals surface area contributed by atoms with Gasteiger partial charge in [-0.3, -0.25) is 9.59 Å². The predicted octanol–water partition coefficient (Wildman–Crippen LogP) is 3.95. The van der Waals surface area contributed by atoms with E-state index >= 15 is 0 Å². The number of aromatic nitrogens is 2. The summed E-state index contributed by atoms with van der Waals surface area (Å²) in [5.41, 5.74) is 3.15. The third kappa shape index (κ3) is 4.30. The lowest BCUT2D eigenvalue weighted by atomic mass is 10.1. The maximum Gasteiger partial charge on any atom is 0.260 e. The zero-order chi connectivity index (χ0) is 21.1. The van der Waals surface area contributed by atoms with Crippen LogP contribution in [0.25, 0.3) is 0 Å². The Labute approximate surface area is 172 Å². The van der Waals surface area contributed by atoms with Crippen molar-refractivity contribution in [2.45, 2.75) is 20.4 Å². The van der Waals surface area contributed by atoms with Gasteiger partial charge in [0, 0.05) is 18.3 Å². The van der Waals surface area contributed by atoms with Crippen molar-refractivity contribution in [3.8, 4) is 0 Å². The van der Waals surface area contributed by atoms with Crippen molar-refractivity contribution >= 4 is 29.1 Å². The molecule has 6 nitrogen and oxygen atoms in total. The van der Waals surface area contributed by atoms with Gasteiger partial charge in [-0.05, 0) is 49.2 Å². The molecule has 8 heteroatoms. The molecule has 29 heavy (non-hydrogen) atoms. The Kier molecular flexibility index (Phi) is 5.98. The first kappa shape index (κ1) is 20.5. The molecule has 0 bridgehead atoms. The molecule has 0 saturated carbocycles. The number of nitrogens with one attached hydrogen (secondary N) is 2. The molecule has 0 radical (unpaired) electrons. The summed E-state index contributed by atoms with van der Waals surface area (Å²) in [5.74, 6) is -0.985. The summed E-state index contributed by atoms with van der Waals surface area (Å²) >= 11 is 6.42. The first-order valence-electron chi connectivity index (χ1n) is 8.92. The Morgan fingerprint density at radius 1 is 1.10 bits per heavy atom. The highest BCUT2D eigenvalue weighted by Gasteiger charge is 2.22. The number of carbonyl (C=O) groups is 2. The molecule has 2 N–H and O–H groups in total. The molecule has 1 aromatic heterocycles. The minimum Gasteiger partial charge on any atom is -0.355 e. The average molecular weight is 415 g/mol. The summed E-state index contributed by atoms with van der Waals surface area (Å²) in [6.07, 6.45) is 0. The summed E-state index contributed by atoms with van der Waals surface area (Å²) in [6, 6.07) is 11.1. The van der Waals surface area contributed by atoms with E-state index in [2.05, 4.69) is 15.7 Å². The van der Waals surface area contributed by atoms with Crippen molar-refractivity contribution in [1.29, 1.82) is 0 Å². The van der Waals surface area contributed by atoms with Crippen LogP contribution in [-0.2, 0) is 6.54 Å². The highest BCUT2D eigenvalue weighted by molar-refractivity contribution is 6.33. The largest absolute Gasteiger partial charge is 0.355 e. The molecular formula is C21H20ClFN4O2. The van der Waals surface area contributed by atoms with Crippen molar-refractivity contribution in [2.24, 2.45) is 0 Å². The number of benzene rings is 2. The first-order chi connectivity index (χ1) is 13.8. The minimum atomic E-state index is -0.421. The standard InChI is InChI=1S/C21H20ClFN4O2/c1-12-16(20(28)24-3)5-4-6-17(12)25-21(29)18-13(2)26-27(19(18)22)11-14-7-9-15(23)10-8-14/h4-10H,11H2,1-3H3,(H,24,28)(H,25,29). The number of hydrogen-bond acceptors (Lipinski definition) is 3. The molecule has 3 rings (SSSR count). The highest BCUT2D eigenvalue weighted by Crippen LogP contribution is 2.24. The Bertz CT molecular complexity index is 1080. The van der Waals surface area contributed by atoms with Gasteiger partial charge in [0.05, 0.1) is 17.8 Å². The molecule has 0 aliphatic carbocycles. The molecule has 1 heterocycles. The fraction of sp³-hybridized carbons (Fsp3) is 0.190. The van der Waals surface area contributed by atoms with Crippen molar-refractivity contribution in [3.05, 3.63) is 81.4 Å². The lowest BCUT2D eigenvalue weighted by Crippen LogP contribution is -2.20. The maximum atomic E-state index is 13.1. The van der Waals surface area contributed by atoms with Gasteiger partial charge in [0.25, 0.3) is 11.8 Å². The van der Waals surface area contributed by atoms with Crippen LogP contribution in [0.4, 0.5) is 10.1 Å². The summed E-state index contributed by atoms with van der Waals surface area (Å²) in [7, 11) is 1.55. The summed E-state index contributed by atoms with van der Waals surface area (Å²) in [4.78, 5) is 24.8. The highest BCUT2D eigenvalue weighted by atomic mass is 35.5. The maximum absolute atomic E-state index is 13.1. The lowest BCUT2D eigenvalue weighted by Gasteiger charge is -2.12. The van der Waals surface area contributed by atoms with Crippen molar-refractivity contribution in [2.75, 3.05) is 12.4 Å². The van der Waals surface area contributed by atoms with Gasteiger partial charge >= 0.3 is 0 Å². The van der Waals surface area contributed by atoms with Crippen LogP contribution >= 0.6 is 11.6 Å². The van der Waals surface area contributed by atoms with Crippen LogP contribution in [0.5, 0.6) is 0 Å². The Morgan fingerprint density at radius 2 is 1.79 bits per heavy atom. The van der Waals surface area contributed by atoms with Gasteiger partial charge in [-0.2, -0.15) is 5.10 Å². The van der Waals surface area contributed by atoms with Gasteiger partial charge in [-0.1, -0.05) is 29.8 Å². The van der Waals surface area contributed by atoms with E-state index in [9.17, 15) is 14.0 Å². The summed E-state index contributed by atoms with van der Waals surface area (Å²) in [5, 5.41) is 9.90. The Hall–Kier alpha value is -3.19. The van der Waals surface area contributed by atoms with Crippen molar-refractivity contribution in [3.63, 3.8) is 0 Å². The summed E-state index contributed by atoms with van der Waals surface area (Å²) in [6.45, 7) is 3.75. The van der Waals surface area contributed by atoms with E-state index in [0.29, 0.717) is 29.1 Å². The number of rotatable bonds is 5. The Morgan fingerprint density at radius 3 is 2.45 bits per heavy atom. The van der Waals surface area contributed by atoms with Crippen LogP contribution in [0.2, 0.25) is 5.15 Å². The third-order valence-corrected chi connectivity index (χ3v) is 4.98. The monoisotopic (exact) mass is 414 g/mol. The number of amides is 2. The van der Waals surface area contributed by atoms with Gasteiger partial charge in [0.15, 0.2) is 0 Å². The van der Waals surface area contributed by atoms with Crippen LogP contribution in [-0.4, -0.2) is 28.6 Å². The predicted molar refractivity (Wildman–Crippen MR) is 110 cm³/mol. The molecule has 2 aromatic carbocycles. The second-order valence-electron chi connectivity index (χ2n) is 6.55. The van der Waals surface area contributed by atoms with Gasteiger partial charge in [-0.25, -0.2) is 9.07 Å².